The summed E-state index contributed by atoms with van der Waals surface area (Å²) < 4.78 is 20.7. The van der Waals surface area contributed by atoms with Crippen LogP contribution < -0.4 is 4.74 Å². The van der Waals surface area contributed by atoms with E-state index >= 15 is 0 Å². The van der Waals surface area contributed by atoms with Crippen molar-refractivity contribution in [2.24, 2.45) is 7.05 Å². The molecule has 0 radical (unpaired) electrons. The Hall–Kier alpha value is -2.63. The summed E-state index contributed by atoms with van der Waals surface area (Å²) in [5.74, 6) is -0.751. The number of aliphatic carboxylic acids is 1. The van der Waals surface area contributed by atoms with Crippen LogP contribution in [0, 0.1) is 19.7 Å². The second kappa shape index (κ2) is 5.78. The molecule has 0 amide bonds. The highest BCUT2D eigenvalue weighted by atomic mass is 19.1. The molecule has 1 aromatic carbocycles. The van der Waals surface area contributed by atoms with E-state index in [-0.39, 0.29) is 5.82 Å². The normalized spacial score (nSPS) is 11.0. The fraction of sp³-hybridized carbons (Fsp3) is 0.200. The van der Waals surface area contributed by atoms with E-state index < -0.39 is 5.97 Å². The Labute approximate surface area is 121 Å². The minimum atomic E-state index is -1.06. The van der Waals surface area contributed by atoms with Gasteiger partial charge in [-0.05, 0) is 31.6 Å². The van der Waals surface area contributed by atoms with Gasteiger partial charge in [0, 0.05) is 19.2 Å². The quantitative estimate of drug-likeness (QED) is 0.879. The summed E-state index contributed by atoms with van der Waals surface area (Å²) >= 11 is 0. The molecule has 0 saturated carbocycles. The van der Waals surface area contributed by atoms with Crippen molar-refractivity contribution in [2.45, 2.75) is 13.8 Å². The third-order valence-corrected chi connectivity index (χ3v) is 2.96. The zero-order valence-electron chi connectivity index (χ0n) is 11.9. The van der Waals surface area contributed by atoms with Gasteiger partial charge in [0.15, 0.2) is 0 Å². The van der Waals surface area contributed by atoms with Crippen molar-refractivity contribution in [2.75, 3.05) is 0 Å². The number of carboxylic acids is 1. The molecule has 0 aliphatic rings. The predicted octanol–water partition coefficient (Wildman–Crippen LogP) is 3.07. The van der Waals surface area contributed by atoms with Crippen LogP contribution in [0.25, 0.3) is 6.08 Å². The van der Waals surface area contributed by atoms with E-state index in [2.05, 4.69) is 5.10 Å². The molecule has 0 bridgehead atoms. The lowest BCUT2D eigenvalue weighted by atomic mass is 10.2. The van der Waals surface area contributed by atoms with Gasteiger partial charge in [0.2, 0.25) is 5.88 Å². The first-order valence-corrected chi connectivity index (χ1v) is 6.27. The van der Waals surface area contributed by atoms with Gasteiger partial charge in [0.05, 0.1) is 11.3 Å². The number of aryl methyl sites for hydroxylation is 3. The topological polar surface area (TPSA) is 64.3 Å². The van der Waals surface area contributed by atoms with Crippen molar-refractivity contribution in [3.8, 4) is 11.6 Å². The number of halogens is 1. The molecule has 0 aliphatic carbocycles. The first-order valence-electron chi connectivity index (χ1n) is 6.27. The Morgan fingerprint density at radius 2 is 2.14 bits per heavy atom. The zero-order chi connectivity index (χ0) is 15.6. The van der Waals surface area contributed by atoms with Gasteiger partial charge in [0.25, 0.3) is 0 Å². The van der Waals surface area contributed by atoms with Gasteiger partial charge in [0.1, 0.15) is 11.6 Å². The molecule has 0 unspecified atom stereocenters. The fourth-order valence-electron chi connectivity index (χ4n) is 1.87. The largest absolute Gasteiger partial charge is 0.478 e. The lowest BCUT2D eigenvalue weighted by Crippen LogP contribution is -1.97. The minimum absolute atomic E-state index is 0.325. The van der Waals surface area contributed by atoms with Gasteiger partial charge >= 0.3 is 5.97 Å². The lowest BCUT2D eigenvalue weighted by Gasteiger charge is -2.08. The molecule has 2 rings (SSSR count). The molecule has 21 heavy (non-hydrogen) atoms. The first kappa shape index (κ1) is 14.8. The highest BCUT2D eigenvalue weighted by molar-refractivity contribution is 5.86. The van der Waals surface area contributed by atoms with Crippen LogP contribution in [-0.4, -0.2) is 20.9 Å². The summed E-state index contributed by atoms with van der Waals surface area (Å²) in [6, 6.07) is 4.54. The third kappa shape index (κ3) is 3.28. The number of ether oxygens (including phenoxy) is 1. The maximum atomic E-state index is 13.5. The van der Waals surface area contributed by atoms with Crippen LogP contribution in [-0.2, 0) is 11.8 Å². The Morgan fingerprint density at radius 1 is 1.43 bits per heavy atom. The van der Waals surface area contributed by atoms with Crippen LogP contribution in [0.3, 0.4) is 0 Å². The Morgan fingerprint density at radius 3 is 2.76 bits per heavy atom. The summed E-state index contributed by atoms with van der Waals surface area (Å²) in [7, 11) is 1.67. The second-order valence-electron chi connectivity index (χ2n) is 4.61. The molecule has 0 fully saturated rings. The van der Waals surface area contributed by atoms with Crippen LogP contribution in [0.5, 0.6) is 11.6 Å². The monoisotopic (exact) mass is 290 g/mol. The van der Waals surface area contributed by atoms with Crippen LogP contribution in [0.4, 0.5) is 4.39 Å². The van der Waals surface area contributed by atoms with E-state index in [9.17, 15) is 9.18 Å². The molecule has 1 heterocycles. The van der Waals surface area contributed by atoms with Crippen molar-refractivity contribution >= 4 is 12.0 Å². The number of hydrogen-bond donors (Lipinski definition) is 1. The second-order valence-corrected chi connectivity index (χ2v) is 4.61. The van der Waals surface area contributed by atoms with Crippen molar-refractivity contribution in [1.29, 1.82) is 0 Å². The highest BCUT2D eigenvalue weighted by Crippen LogP contribution is 2.29. The highest BCUT2D eigenvalue weighted by Gasteiger charge is 2.14. The van der Waals surface area contributed by atoms with Crippen molar-refractivity contribution in [3.63, 3.8) is 0 Å². The predicted molar refractivity (Wildman–Crippen MR) is 75.8 cm³/mol. The van der Waals surface area contributed by atoms with Gasteiger partial charge < -0.3 is 9.84 Å². The molecule has 1 aromatic heterocycles. The maximum Gasteiger partial charge on any atom is 0.328 e. The van der Waals surface area contributed by atoms with E-state index in [1.807, 2.05) is 0 Å². The maximum absolute atomic E-state index is 13.5. The fourth-order valence-corrected chi connectivity index (χ4v) is 1.87. The molecule has 5 nitrogen and oxygen atoms in total. The van der Waals surface area contributed by atoms with Crippen molar-refractivity contribution in [3.05, 3.63) is 46.9 Å². The molecule has 6 heteroatoms. The lowest BCUT2D eigenvalue weighted by molar-refractivity contribution is -0.131. The van der Waals surface area contributed by atoms with Gasteiger partial charge in [-0.2, -0.15) is 5.10 Å². The number of nitrogens with zero attached hydrogens (tertiary/aromatic N) is 2. The first-order chi connectivity index (χ1) is 9.88. The van der Waals surface area contributed by atoms with Crippen LogP contribution >= 0.6 is 0 Å². The van der Waals surface area contributed by atoms with Crippen LogP contribution in [0.15, 0.2) is 24.3 Å². The van der Waals surface area contributed by atoms with E-state index in [1.54, 1.807) is 33.0 Å². The summed E-state index contributed by atoms with van der Waals surface area (Å²) in [5.41, 5.74) is 1.69. The molecule has 110 valence electrons. The van der Waals surface area contributed by atoms with Gasteiger partial charge in [-0.1, -0.05) is 6.07 Å². The molecule has 0 saturated heterocycles. The molecule has 0 atom stereocenters. The Kier molecular flexibility index (Phi) is 4.07. The Balaban J connectivity index is 2.39. The van der Waals surface area contributed by atoms with Crippen LogP contribution in [0.2, 0.25) is 0 Å². The summed E-state index contributed by atoms with van der Waals surface area (Å²) in [4.78, 5) is 10.6. The van der Waals surface area contributed by atoms with E-state index in [1.165, 1.54) is 16.8 Å². The van der Waals surface area contributed by atoms with Crippen molar-refractivity contribution in [1.82, 2.24) is 9.78 Å². The van der Waals surface area contributed by atoms with Gasteiger partial charge in [-0.15, -0.1) is 0 Å². The molecule has 0 aliphatic heterocycles. The van der Waals surface area contributed by atoms with Gasteiger partial charge in [-0.3, -0.25) is 0 Å². The molecule has 0 spiro atoms. The number of aromatic nitrogens is 2. The average Bonchev–Trinajstić information content (AvgIpc) is 2.66. The number of hydrogen-bond acceptors (Lipinski definition) is 3. The molecular weight excluding hydrogens is 275 g/mol. The number of rotatable bonds is 4. The molecule has 2 aromatic rings. The molecule has 1 N–H and O–H groups in total. The summed E-state index contributed by atoms with van der Waals surface area (Å²) in [6.07, 6.45) is 2.41. The third-order valence-electron chi connectivity index (χ3n) is 2.96. The Bertz CT molecular complexity index is 720. The SMILES string of the molecule is Cc1ccc(Oc2c(/C=C/C(=O)O)c(C)nn2C)cc1F. The number of benzene rings is 1. The minimum Gasteiger partial charge on any atom is -0.478 e. The van der Waals surface area contributed by atoms with E-state index in [4.69, 9.17) is 9.84 Å². The smallest absolute Gasteiger partial charge is 0.328 e. The number of carboxylic acid groups (broad SMARTS) is 1. The number of carbonyl (C=O) groups is 1. The van der Waals surface area contributed by atoms with Crippen LogP contribution in [0.1, 0.15) is 16.8 Å². The summed E-state index contributed by atoms with van der Waals surface area (Å²) in [6.45, 7) is 3.40. The van der Waals surface area contributed by atoms with E-state index in [0.29, 0.717) is 28.5 Å². The average molecular weight is 290 g/mol. The van der Waals surface area contributed by atoms with Gasteiger partial charge in [-0.25, -0.2) is 13.9 Å². The molecular formula is C15H15FN2O3. The van der Waals surface area contributed by atoms with Crippen molar-refractivity contribution < 1.29 is 19.0 Å². The summed E-state index contributed by atoms with van der Waals surface area (Å²) in [5, 5.41) is 12.9. The zero-order valence-corrected chi connectivity index (χ0v) is 11.9. The van der Waals surface area contributed by atoms with E-state index in [0.717, 1.165) is 6.08 Å². The standard InChI is InChI=1S/C15H15FN2O3/c1-9-4-5-11(8-13(9)16)21-15-12(6-7-14(19)20)10(2)17-18(15)3/h4-8H,1-3H3,(H,19,20)/b7-6+.